The number of hydrogen-bond donors (Lipinski definition) is 1. The lowest BCUT2D eigenvalue weighted by atomic mass is 10.1. The van der Waals surface area contributed by atoms with E-state index in [1.807, 2.05) is 54.6 Å². The quantitative estimate of drug-likeness (QED) is 0.536. The average Bonchev–Trinajstić information content (AvgIpc) is 2.53. The molecule has 0 aliphatic carbocycles. The van der Waals surface area contributed by atoms with Gasteiger partial charge in [0.25, 0.3) is 0 Å². The molecule has 0 fully saturated rings. The van der Waals surface area contributed by atoms with Crippen LogP contribution in [0.3, 0.4) is 0 Å². The van der Waals surface area contributed by atoms with Crippen molar-refractivity contribution in [2.24, 2.45) is 0 Å². The van der Waals surface area contributed by atoms with Crippen LogP contribution in [0.25, 0.3) is 12.2 Å². The monoisotopic (exact) mass is 312 g/mol. The van der Waals surface area contributed by atoms with Gasteiger partial charge >= 0.3 is 0 Å². The third-order valence-electron chi connectivity index (χ3n) is 2.70. The van der Waals surface area contributed by atoms with Crippen molar-refractivity contribution in [1.29, 1.82) is 0 Å². The smallest absolute Gasteiger partial charge is 0.247 e. The van der Waals surface area contributed by atoms with Crippen LogP contribution in [0, 0.1) is 0 Å². The topological polar surface area (TPSA) is 80.7 Å². The second-order valence-corrected chi connectivity index (χ2v) is 4.66. The second-order valence-electron chi connectivity index (χ2n) is 4.66. The Morgan fingerprint density at radius 3 is 1.78 bits per heavy atom. The number of amides is 1. The van der Waals surface area contributed by atoms with Crippen LogP contribution >= 0.6 is 0 Å². The molecule has 0 atom stereocenters. The molecule has 1 N–H and O–H groups in total. The van der Waals surface area contributed by atoms with E-state index in [9.17, 15) is 10.0 Å². The number of carboxylic acids is 1. The van der Waals surface area contributed by atoms with Gasteiger partial charge in [-0.1, -0.05) is 54.6 Å². The van der Waals surface area contributed by atoms with Crippen molar-refractivity contribution in [3.8, 4) is 0 Å². The number of hydrogen-bond acceptors (Lipinski definition) is 4. The first-order valence-corrected chi connectivity index (χ1v) is 6.90. The first kappa shape index (κ1) is 18.1. The van der Waals surface area contributed by atoms with Crippen molar-refractivity contribution in [1.82, 2.24) is 0 Å². The number of benzene rings is 2. The van der Waals surface area contributed by atoms with Gasteiger partial charge in [-0.05, 0) is 30.2 Å². The summed E-state index contributed by atoms with van der Waals surface area (Å²) in [7, 11) is 0. The maximum atomic E-state index is 11.0. The van der Waals surface area contributed by atoms with Crippen molar-refractivity contribution in [2.75, 3.05) is 5.06 Å². The van der Waals surface area contributed by atoms with E-state index in [1.54, 1.807) is 12.1 Å². The third-order valence-corrected chi connectivity index (χ3v) is 2.70. The van der Waals surface area contributed by atoms with Gasteiger partial charge in [0.05, 0.1) is 5.69 Å². The van der Waals surface area contributed by atoms with E-state index in [-0.39, 0.29) is 0 Å². The van der Waals surface area contributed by atoms with Crippen LogP contribution in [0.2, 0.25) is 0 Å². The van der Waals surface area contributed by atoms with Gasteiger partial charge in [-0.3, -0.25) is 10.0 Å². The molecule has 0 spiro atoms. The van der Waals surface area contributed by atoms with Gasteiger partial charge in [-0.15, -0.1) is 0 Å². The minimum Gasteiger partial charge on any atom is -0.550 e. The van der Waals surface area contributed by atoms with Crippen LogP contribution in [-0.4, -0.2) is 17.1 Å². The Labute approximate surface area is 135 Å². The summed E-state index contributed by atoms with van der Waals surface area (Å²) < 4.78 is 0. The molecule has 2 aromatic carbocycles. The minimum atomic E-state index is -1.08. The molecule has 0 aliphatic heterocycles. The Morgan fingerprint density at radius 1 is 0.913 bits per heavy atom. The van der Waals surface area contributed by atoms with E-state index in [4.69, 9.17) is 9.90 Å². The van der Waals surface area contributed by atoms with Crippen LogP contribution < -0.4 is 10.2 Å². The number of carbonyl (C=O) groups excluding carboxylic acids is 2. The molecule has 1 amide bonds. The Balaban J connectivity index is 0.000000593. The summed E-state index contributed by atoms with van der Waals surface area (Å²) >= 11 is 0. The second kappa shape index (κ2) is 9.17. The SMILES string of the molecule is CC(=O)N(O)c1ccc(C=Cc2ccccc2)cc1.CC(=O)[O-]. The molecular formula is C18H18NO4-. The minimum absolute atomic E-state index is 0.410. The molecule has 0 bridgehead atoms. The summed E-state index contributed by atoms with van der Waals surface area (Å²) in [6, 6.07) is 17.1. The zero-order chi connectivity index (χ0) is 17.2. The molecule has 0 radical (unpaired) electrons. The molecule has 5 nitrogen and oxygen atoms in total. The van der Waals surface area contributed by atoms with Crippen LogP contribution in [0.1, 0.15) is 25.0 Å². The van der Waals surface area contributed by atoms with Crippen LogP contribution in [0.4, 0.5) is 5.69 Å². The fourth-order valence-electron chi connectivity index (χ4n) is 1.67. The molecule has 2 rings (SSSR count). The van der Waals surface area contributed by atoms with E-state index >= 15 is 0 Å². The number of nitrogens with zero attached hydrogens (tertiary/aromatic N) is 1. The maximum Gasteiger partial charge on any atom is 0.247 e. The predicted octanol–water partition coefficient (Wildman–Crippen LogP) is 2.36. The van der Waals surface area contributed by atoms with E-state index in [1.165, 1.54) is 6.92 Å². The highest BCUT2D eigenvalue weighted by Crippen LogP contribution is 2.15. The molecule has 120 valence electrons. The summed E-state index contributed by atoms with van der Waals surface area (Å²) in [6.07, 6.45) is 3.99. The van der Waals surface area contributed by atoms with Crippen LogP contribution in [-0.2, 0) is 9.59 Å². The number of rotatable bonds is 3. The normalized spacial score (nSPS) is 9.87. The highest BCUT2D eigenvalue weighted by atomic mass is 16.5. The van der Waals surface area contributed by atoms with E-state index in [2.05, 4.69) is 0 Å². The molecule has 0 aliphatic rings. The first-order valence-electron chi connectivity index (χ1n) is 6.90. The van der Waals surface area contributed by atoms with E-state index < -0.39 is 11.9 Å². The number of carboxylic acid groups (broad SMARTS) is 1. The van der Waals surface area contributed by atoms with Gasteiger partial charge in [-0.25, -0.2) is 0 Å². The molecule has 0 saturated carbocycles. The molecule has 2 aromatic rings. The zero-order valence-electron chi connectivity index (χ0n) is 13.0. The van der Waals surface area contributed by atoms with Crippen molar-refractivity contribution >= 4 is 29.7 Å². The maximum absolute atomic E-state index is 11.0. The molecular weight excluding hydrogens is 294 g/mol. The summed E-state index contributed by atoms with van der Waals surface area (Å²) in [5, 5.41) is 19.0. The summed E-state index contributed by atoms with van der Waals surface area (Å²) in [6.45, 7) is 2.28. The highest BCUT2D eigenvalue weighted by Gasteiger charge is 2.06. The lowest BCUT2D eigenvalue weighted by molar-refractivity contribution is -0.302. The number of aliphatic carboxylic acids is 1. The lowest BCUT2D eigenvalue weighted by Crippen LogP contribution is -2.23. The Bertz CT molecular complexity index is 659. The average molecular weight is 312 g/mol. The molecule has 0 saturated heterocycles. The highest BCUT2D eigenvalue weighted by molar-refractivity contribution is 5.89. The molecule has 0 aromatic heterocycles. The van der Waals surface area contributed by atoms with Gasteiger partial charge < -0.3 is 9.90 Å². The van der Waals surface area contributed by atoms with Gasteiger partial charge in [0, 0.05) is 12.9 Å². The zero-order valence-corrected chi connectivity index (χ0v) is 13.0. The number of carbonyl (C=O) groups is 2. The van der Waals surface area contributed by atoms with Crippen molar-refractivity contribution < 1.29 is 19.9 Å². The molecule has 0 heterocycles. The van der Waals surface area contributed by atoms with Gasteiger partial charge in [0.2, 0.25) is 5.91 Å². The van der Waals surface area contributed by atoms with E-state index in [0.717, 1.165) is 18.1 Å². The largest absolute Gasteiger partial charge is 0.550 e. The standard InChI is InChI=1S/C16H15NO2.C2H4O2/c1-13(18)17(19)16-11-9-15(10-12-16)8-7-14-5-3-2-4-6-14;1-2(3)4/h2-12,19H,1H3;1H3,(H,3,4)/p-1. The predicted molar refractivity (Wildman–Crippen MR) is 87.4 cm³/mol. The fraction of sp³-hybridized carbons (Fsp3) is 0.111. The van der Waals surface area contributed by atoms with Crippen LogP contribution in [0.15, 0.2) is 54.6 Å². The lowest BCUT2D eigenvalue weighted by Gasteiger charge is -2.12. The summed E-state index contributed by atoms with van der Waals surface area (Å²) in [5.41, 5.74) is 2.59. The summed E-state index contributed by atoms with van der Waals surface area (Å²) in [4.78, 5) is 19.9. The first-order chi connectivity index (χ1) is 10.9. The Kier molecular flexibility index (Phi) is 7.23. The summed E-state index contributed by atoms with van der Waals surface area (Å²) in [5.74, 6) is -1.49. The van der Waals surface area contributed by atoms with Gasteiger partial charge in [-0.2, -0.15) is 5.06 Å². The van der Waals surface area contributed by atoms with Gasteiger partial charge in [0.1, 0.15) is 0 Å². The number of anilines is 1. The van der Waals surface area contributed by atoms with Crippen molar-refractivity contribution in [3.63, 3.8) is 0 Å². The van der Waals surface area contributed by atoms with Gasteiger partial charge in [0.15, 0.2) is 0 Å². The van der Waals surface area contributed by atoms with E-state index in [0.29, 0.717) is 10.8 Å². The van der Waals surface area contributed by atoms with Crippen LogP contribution in [0.5, 0.6) is 0 Å². The Morgan fingerprint density at radius 2 is 1.35 bits per heavy atom. The number of hydroxylamine groups is 1. The van der Waals surface area contributed by atoms with Crippen molar-refractivity contribution in [3.05, 3.63) is 65.7 Å². The molecule has 23 heavy (non-hydrogen) atoms. The third kappa shape index (κ3) is 7.06. The fourth-order valence-corrected chi connectivity index (χ4v) is 1.67. The van der Waals surface area contributed by atoms with Crippen molar-refractivity contribution in [2.45, 2.75) is 13.8 Å². The Hall–Kier alpha value is -2.92. The molecule has 5 heteroatoms. The molecule has 0 unspecified atom stereocenters.